The fraction of sp³-hybridized carbons (Fsp3) is 0.600. The quantitative estimate of drug-likeness (QED) is 0.812. The molecular weight excluding hydrogens is 254 g/mol. The minimum atomic E-state index is -0.560. The summed E-state index contributed by atoms with van der Waals surface area (Å²) in [6.45, 7) is 1.23. The van der Waals surface area contributed by atoms with E-state index in [9.17, 15) is 9.90 Å². The van der Waals surface area contributed by atoms with Crippen molar-refractivity contribution in [2.45, 2.75) is 37.7 Å². The fourth-order valence-electron chi connectivity index (χ4n) is 3.52. The van der Waals surface area contributed by atoms with Crippen LogP contribution in [0, 0.1) is 5.92 Å². The first-order valence-corrected chi connectivity index (χ1v) is 7.32. The molecule has 5 heteroatoms. The molecule has 3 rings (SSSR count). The molecule has 1 aromatic rings. The van der Waals surface area contributed by atoms with Gasteiger partial charge in [-0.2, -0.15) is 0 Å². The molecule has 1 saturated heterocycles. The van der Waals surface area contributed by atoms with Gasteiger partial charge < -0.3 is 15.7 Å². The average molecular weight is 275 g/mol. The zero-order valence-electron chi connectivity index (χ0n) is 11.6. The number of fused-ring (bicyclic) bond motifs is 1. The molecule has 1 aromatic heterocycles. The van der Waals surface area contributed by atoms with Gasteiger partial charge in [0.05, 0.1) is 11.2 Å². The molecule has 2 aliphatic rings. The van der Waals surface area contributed by atoms with Gasteiger partial charge in [-0.3, -0.25) is 4.79 Å². The molecule has 0 spiro atoms. The molecule has 2 heterocycles. The van der Waals surface area contributed by atoms with E-state index in [0.717, 1.165) is 25.7 Å². The van der Waals surface area contributed by atoms with Gasteiger partial charge in [-0.25, -0.2) is 4.98 Å². The van der Waals surface area contributed by atoms with Crippen LogP contribution < -0.4 is 5.73 Å². The van der Waals surface area contributed by atoms with Crippen LogP contribution in [0.1, 0.15) is 42.5 Å². The number of hydrogen-bond acceptors (Lipinski definition) is 4. The van der Waals surface area contributed by atoms with Gasteiger partial charge >= 0.3 is 0 Å². The molecule has 3 N–H and O–H groups in total. The van der Waals surface area contributed by atoms with Crippen LogP contribution in [0.3, 0.4) is 0 Å². The molecule has 2 fully saturated rings. The second-order valence-corrected chi connectivity index (χ2v) is 5.98. The van der Waals surface area contributed by atoms with Crippen molar-refractivity contribution in [1.82, 2.24) is 9.88 Å². The number of nitrogens with two attached hydrogens (primary N) is 1. The maximum Gasteiger partial charge on any atom is 0.257 e. The smallest absolute Gasteiger partial charge is 0.257 e. The van der Waals surface area contributed by atoms with E-state index < -0.39 is 5.60 Å². The molecular formula is C15H21N3O2. The first-order chi connectivity index (χ1) is 9.60. The molecule has 1 aliphatic carbocycles. The highest BCUT2D eigenvalue weighted by Crippen LogP contribution is 2.40. The maximum absolute atomic E-state index is 12.5. The number of pyridine rings is 1. The fourth-order valence-corrected chi connectivity index (χ4v) is 3.52. The van der Waals surface area contributed by atoms with Gasteiger partial charge in [-0.05, 0) is 31.4 Å². The summed E-state index contributed by atoms with van der Waals surface area (Å²) >= 11 is 0. The SMILES string of the molecule is Nc1ncccc1C(=O)N1CCC2(O)CCCCC2C1. The lowest BCUT2D eigenvalue weighted by molar-refractivity contribution is -0.0886. The normalized spacial score (nSPS) is 29.9. The number of piperidine rings is 1. The predicted molar refractivity (Wildman–Crippen MR) is 76.1 cm³/mol. The third-order valence-corrected chi connectivity index (χ3v) is 4.78. The molecule has 1 saturated carbocycles. The van der Waals surface area contributed by atoms with Crippen LogP contribution >= 0.6 is 0 Å². The number of likely N-dealkylation sites (tertiary alicyclic amines) is 1. The van der Waals surface area contributed by atoms with E-state index in [1.54, 1.807) is 18.3 Å². The molecule has 5 nitrogen and oxygen atoms in total. The Morgan fingerprint density at radius 1 is 1.45 bits per heavy atom. The van der Waals surface area contributed by atoms with Crippen LogP contribution in [0.5, 0.6) is 0 Å². The predicted octanol–water partition coefficient (Wildman–Crippen LogP) is 1.43. The lowest BCUT2D eigenvalue weighted by Crippen LogP contribution is -2.54. The van der Waals surface area contributed by atoms with Crippen LogP contribution in [0.15, 0.2) is 18.3 Å². The van der Waals surface area contributed by atoms with Gasteiger partial charge in [0.15, 0.2) is 0 Å². The number of amides is 1. The topological polar surface area (TPSA) is 79.5 Å². The van der Waals surface area contributed by atoms with Crippen LogP contribution in [0.4, 0.5) is 5.82 Å². The van der Waals surface area contributed by atoms with Gasteiger partial charge in [0, 0.05) is 25.2 Å². The van der Waals surface area contributed by atoms with Crippen molar-refractivity contribution < 1.29 is 9.90 Å². The minimum absolute atomic E-state index is 0.0665. The van der Waals surface area contributed by atoms with Crippen molar-refractivity contribution in [3.05, 3.63) is 23.9 Å². The Labute approximate surface area is 118 Å². The summed E-state index contributed by atoms with van der Waals surface area (Å²) in [4.78, 5) is 18.3. The van der Waals surface area contributed by atoms with Gasteiger partial charge in [-0.1, -0.05) is 12.8 Å². The average Bonchev–Trinajstić information content (AvgIpc) is 2.46. The summed E-state index contributed by atoms with van der Waals surface area (Å²) in [5.74, 6) is 0.414. The number of anilines is 1. The van der Waals surface area contributed by atoms with Crippen molar-refractivity contribution >= 4 is 11.7 Å². The lowest BCUT2D eigenvalue weighted by Gasteiger charge is -2.47. The Kier molecular flexibility index (Phi) is 3.38. The zero-order valence-corrected chi connectivity index (χ0v) is 11.6. The summed E-state index contributed by atoms with van der Waals surface area (Å²) in [5, 5.41) is 10.6. The zero-order chi connectivity index (χ0) is 14.2. The van der Waals surface area contributed by atoms with Crippen LogP contribution in [0.2, 0.25) is 0 Å². The monoisotopic (exact) mass is 275 g/mol. The Morgan fingerprint density at radius 2 is 2.30 bits per heavy atom. The highest BCUT2D eigenvalue weighted by Gasteiger charge is 2.43. The van der Waals surface area contributed by atoms with E-state index in [-0.39, 0.29) is 17.6 Å². The molecule has 1 amide bonds. The Morgan fingerprint density at radius 3 is 3.10 bits per heavy atom. The van der Waals surface area contributed by atoms with Gasteiger partial charge in [-0.15, -0.1) is 0 Å². The second kappa shape index (κ2) is 5.05. The third kappa shape index (κ3) is 2.26. The van der Waals surface area contributed by atoms with Gasteiger partial charge in [0.2, 0.25) is 0 Å². The first-order valence-electron chi connectivity index (χ1n) is 7.32. The van der Waals surface area contributed by atoms with Crippen molar-refractivity contribution in [3.8, 4) is 0 Å². The van der Waals surface area contributed by atoms with E-state index in [1.165, 1.54) is 0 Å². The lowest BCUT2D eigenvalue weighted by atomic mass is 9.71. The Bertz CT molecular complexity index is 520. The molecule has 20 heavy (non-hydrogen) atoms. The molecule has 108 valence electrons. The van der Waals surface area contributed by atoms with Crippen LogP contribution in [0.25, 0.3) is 0 Å². The number of rotatable bonds is 1. The van der Waals surface area contributed by atoms with E-state index in [0.29, 0.717) is 25.1 Å². The van der Waals surface area contributed by atoms with Crippen LogP contribution in [-0.2, 0) is 0 Å². The summed E-state index contributed by atoms with van der Waals surface area (Å²) in [5.41, 5.74) is 5.68. The number of aromatic nitrogens is 1. The molecule has 0 bridgehead atoms. The van der Waals surface area contributed by atoms with Crippen molar-refractivity contribution in [1.29, 1.82) is 0 Å². The summed E-state index contributed by atoms with van der Waals surface area (Å²) in [6.07, 6.45) is 6.36. The minimum Gasteiger partial charge on any atom is -0.389 e. The largest absolute Gasteiger partial charge is 0.389 e. The number of nitrogens with zero attached hydrogens (tertiary/aromatic N) is 2. The van der Waals surface area contributed by atoms with Crippen molar-refractivity contribution in [3.63, 3.8) is 0 Å². The van der Waals surface area contributed by atoms with Crippen molar-refractivity contribution in [2.75, 3.05) is 18.8 Å². The van der Waals surface area contributed by atoms with Gasteiger partial charge in [0.1, 0.15) is 5.82 Å². The number of hydrogen-bond donors (Lipinski definition) is 2. The van der Waals surface area contributed by atoms with E-state index in [1.807, 2.05) is 4.90 Å². The molecule has 0 aromatic carbocycles. The highest BCUT2D eigenvalue weighted by molar-refractivity contribution is 5.98. The van der Waals surface area contributed by atoms with E-state index >= 15 is 0 Å². The molecule has 1 aliphatic heterocycles. The maximum atomic E-state index is 12.5. The Balaban J connectivity index is 1.76. The summed E-state index contributed by atoms with van der Waals surface area (Å²) in [6, 6.07) is 3.44. The third-order valence-electron chi connectivity index (χ3n) is 4.78. The molecule has 0 radical (unpaired) electrons. The standard InChI is InChI=1S/C15H21N3O2/c16-13-12(5-3-8-17-13)14(19)18-9-7-15(20)6-2-1-4-11(15)10-18/h3,5,8,11,20H,1-2,4,6-7,9-10H2,(H2,16,17). The van der Waals surface area contributed by atoms with Crippen LogP contribution in [-0.4, -0.2) is 39.6 Å². The summed E-state index contributed by atoms with van der Waals surface area (Å²) < 4.78 is 0. The second-order valence-electron chi connectivity index (χ2n) is 5.98. The van der Waals surface area contributed by atoms with Gasteiger partial charge in [0.25, 0.3) is 5.91 Å². The van der Waals surface area contributed by atoms with E-state index in [4.69, 9.17) is 5.73 Å². The molecule has 2 atom stereocenters. The molecule has 2 unspecified atom stereocenters. The number of carbonyl (C=O) groups excluding carboxylic acids is 1. The van der Waals surface area contributed by atoms with Crippen molar-refractivity contribution in [2.24, 2.45) is 5.92 Å². The number of carbonyl (C=O) groups is 1. The first kappa shape index (κ1) is 13.4. The Hall–Kier alpha value is -1.62. The van der Waals surface area contributed by atoms with E-state index in [2.05, 4.69) is 4.98 Å². The summed E-state index contributed by atoms with van der Waals surface area (Å²) in [7, 11) is 0. The number of nitrogen functional groups attached to an aromatic ring is 1. The highest BCUT2D eigenvalue weighted by atomic mass is 16.3. The number of aliphatic hydroxyl groups is 1.